The van der Waals surface area contributed by atoms with Crippen LogP contribution in [0.4, 0.5) is 0 Å². The number of hydrogen-bond acceptors (Lipinski definition) is 5. The number of piperidine rings is 1. The summed E-state index contributed by atoms with van der Waals surface area (Å²) in [6, 6.07) is 9.69. The topological polar surface area (TPSA) is 88.3 Å². The van der Waals surface area contributed by atoms with Gasteiger partial charge in [-0.25, -0.2) is 0 Å². The van der Waals surface area contributed by atoms with E-state index < -0.39 is 0 Å². The summed E-state index contributed by atoms with van der Waals surface area (Å²) in [5, 5.41) is 6.85. The van der Waals surface area contributed by atoms with Crippen LogP contribution in [0.1, 0.15) is 31.1 Å². The number of carbonyl (C=O) groups is 2. The van der Waals surface area contributed by atoms with Crippen LogP contribution in [0.5, 0.6) is 0 Å². The van der Waals surface area contributed by atoms with E-state index in [4.69, 9.17) is 4.52 Å². The van der Waals surface area contributed by atoms with Crippen LogP contribution in [0.2, 0.25) is 0 Å². The third-order valence-electron chi connectivity index (χ3n) is 4.89. The number of nitrogens with one attached hydrogen (secondary N) is 1. The van der Waals surface area contributed by atoms with Gasteiger partial charge in [0.1, 0.15) is 0 Å². The lowest BCUT2D eigenvalue weighted by Gasteiger charge is -2.38. The molecule has 4 rings (SSSR count). The zero-order chi connectivity index (χ0) is 17.2. The van der Waals surface area contributed by atoms with E-state index in [0.29, 0.717) is 44.2 Å². The molecule has 25 heavy (non-hydrogen) atoms. The number of rotatable bonds is 4. The van der Waals surface area contributed by atoms with Gasteiger partial charge in [-0.15, -0.1) is 0 Å². The number of nitrogens with zero attached hydrogens (tertiary/aromatic N) is 3. The van der Waals surface area contributed by atoms with Crippen molar-refractivity contribution < 1.29 is 14.1 Å². The standard InChI is InChI=1S/C18H20N4O3/c23-15-7-6-12(9-19-15)8-16(24)22-10-14(11-22)18-20-17(21-25-18)13-4-2-1-3-5-13/h1-5,12,14H,6-11H2,(H,19,23). The minimum absolute atomic E-state index is 0.0818. The Balaban J connectivity index is 1.29. The summed E-state index contributed by atoms with van der Waals surface area (Å²) in [7, 11) is 0. The Labute approximate surface area is 145 Å². The zero-order valence-corrected chi connectivity index (χ0v) is 13.9. The minimum Gasteiger partial charge on any atom is -0.356 e. The molecule has 1 unspecified atom stereocenters. The van der Waals surface area contributed by atoms with E-state index >= 15 is 0 Å². The first kappa shape index (κ1) is 15.8. The Morgan fingerprint density at radius 2 is 2.08 bits per heavy atom. The molecule has 1 aromatic heterocycles. The third kappa shape index (κ3) is 3.40. The summed E-state index contributed by atoms with van der Waals surface area (Å²) in [6.45, 7) is 1.84. The summed E-state index contributed by atoms with van der Waals surface area (Å²) in [5.74, 6) is 1.75. The zero-order valence-electron chi connectivity index (χ0n) is 13.9. The molecule has 0 bridgehead atoms. The van der Waals surface area contributed by atoms with Crippen molar-refractivity contribution in [3.63, 3.8) is 0 Å². The van der Waals surface area contributed by atoms with Gasteiger partial charge in [-0.1, -0.05) is 35.5 Å². The number of hydrogen-bond donors (Lipinski definition) is 1. The smallest absolute Gasteiger partial charge is 0.233 e. The lowest BCUT2D eigenvalue weighted by Crippen LogP contribution is -2.49. The average molecular weight is 340 g/mol. The molecule has 0 aliphatic carbocycles. The van der Waals surface area contributed by atoms with Crippen molar-refractivity contribution in [2.24, 2.45) is 5.92 Å². The van der Waals surface area contributed by atoms with Gasteiger partial charge in [-0.2, -0.15) is 4.98 Å². The van der Waals surface area contributed by atoms with Gasteiger partial charge in [0, 0.05) is 38.0 Å². The van der Waals surface area contributed by atoms with E-state index in [1.165, 1.54) is 0 Å². The molecular formula is C18H20N4O3. The predicted molar refractivity (Wildman–Crippen MR) is 89.4 cm³/mol. The summed E-state index contributed by atoms with van der Waals surface area (Å²) in [4.78, 5) is 29.8. The second-order valence-corrected chi connectivity index (χ2v) is 6.73. The second kappa shape index (κ2) is 6.66. The van der Waals surface area contributed by atoms with Crippen LogP contribution in [0, 0.1) is 5.92 Å². The van der Waals surface area contributed by atoms with Crippen LogP contribution in [0.15, 0.2) is 34.9 Å². The van der Waals surface area contributed by atoms with E-state index in [-0.39, 0.29) is 23.7 Å². The number of aromatic nitrogens is 2. The lowest BCUT2D eigenvalue weighted by atomic mass is 9.93. The van der Waals surface area contributed by atoms with E-state index in [9.17, 15) is 9.59 Å². The summed E-state index contributed by atoms with van der Waals surface area (Å²) >= 11 is 0. The van der Waals surface area contributed by atoms with Gasteiger partial charge < -0.3 is 14.7 Å². The molecular weight excluding hydrogens is 320 g/mol. The van der Waals surface area contributed by atoms with Crippen LogP contribution >= 0.6 is 0 Å². The van der Waals surface area contributed by atoms with E-state index in [1.54, 1.807) is 0 Å². The highest BCUT2D eigenvalue weighted by molar-refractivity contribution is 5.79. The SMILES string of the molecule is O=C1CCC(CC(=O)N2CC(c3nc(-c4ccccc4)no3)C2)CN1. The number of benzene rings is 1. The number of carbonyl (C=O) groups excluding carboxylic acids is 2. The molecule has 1 N–H and O–H groups in total. The van der Waals surface area contributed by atoms with Gasteiger partial charge in [0.05, 0.1) is 5.92 Å². The summed E-state index contributed by atoms with van der Waals surface area (Å²) < 4.78 is 5.37. The third-order valence-corrected chi connectivity index (χ3v) is 4.89. The van der Waals surface area contributed by atoms with Crippen molar-refractivity contribution in [3.05, 3.63) is 36.2 Å². The molecule has 3 heterocycles. The maximum atomic E-state index is 12.3. The predicted octanol–water partition coefficient (Wildman–Crippen LogP) is 1.58. The van der Waals surface area contributed by atoms with Gasteiger partial charge in [-0.05, 0) is 12.3 Å². The molecule has 2 aliphatic heterocycles. The van der Waals surface area contributed by atoms with Gasteiger partial charge in [0.2, 0.25) is 23.5 Å². The Morgan fingerprint density at radius 3 is 2.80 bits per heavy atom. The Kier molecular flexibility index (Phi) is 4.21. The Morgan fingerprint density at radius 1 is 1.28 bits per heavy atom. The van der Waals surface area contributed by atoms with Gasteiger partial charge in [0.25, 0.3) is 0 Å². The maximum absolute atomic E-state index is 12.3. The maximum Gasteiger partial charge on any atom is 0.233 e. The van der Waals surface area contributed by atoms with Crippen molar-refractivity contribution in [1.29, 1.82) is 0 Å². The van der Waals surface area contributed by atoms with E-state index in [0.717, 1.165) is 12.0 Å². The highest BCUT2D eigenvalue weighted by atomic mass is 16.5. The molecule has 2 aliphatic rings. The molecule has 0 spiro atoms. The van der Waals surface area contributed by atoms with Crippen LogP contribution in [-0.4, -0.2) is 46.5 Å². The molecule has 0 saturated carbocycles. The quantitative estimate of drug-likeness (QED) is 0.913. The first-order chi connectivity index (χ1) is 12.2. The normalized spacial score (nSPS) is 20.9. The molecule has 130 valence electrons. The fraction of sp³-hybridized carbons (Fsp3) is 0.444. The number of amides is 2. The highest BCUT2D eigenvalue weighted by Gasteiger charge is 2.36. The largest absolute Gasteiger partial charge is 0.356 e. The fourth-order valence-electron chi connectivity index (χ4n) is 3.28. The summed E-state index contributed by atoms with van der Waals surface area (Å²) in [5.41, 5.74) is 0.920. The molecule has 2 aromatic rings. The molecule has 2 fully saturated rings. The van der Waals surface area contributed by atoms with Gasteiger partial charge in [0.15, 0.2) is 0 Å². The molecule has 2 amide bonds. The first-order valence-electron chi connectivity index (χ1n) is 8.62. The average Bonchev–Trinajstić information content (AvgIpc) is 3.06. The molecule has 2 saturated heterocycles. The molecule has 1 atom stereocenters. The van der Waals surface area contributed by atoms with Crippen LogP contribution < -0.4 is 5.32 Å². The molecule has 7 heteroatoms. The van der Waals surface area contributed by atoms with Crippen LogP contribution in [-0.2, 0) is 9.59 Å². The van der Waals surface area contributed by atoms with Crippen LogP contribution in [0.3, 0.4) is 0 Å². The van der Waals surface area contributed by atoms with E-state index in [1.807, 2.05) is 35.2 Å². The fourth-order valence-corrected chi connectivity index (χ4v) is 3.28. The van der Waals surface area contributed by atoms with Crippen molar-refractivity contribution in [2.45, 2.75) is 25.2 Å². The Bertz CT molecular complexity index is 758. The highest BCUT2D eigenvalue weighted by Crippen LogP contribution is 2.29. The monoisotopic (exact) mass is 340 g/mol. The van der Waals surface area contributed by atoms with Gasteiger partial charge >= 0.3 is 0 Å². The summed E-state index contributed by atoms with van der Waals surface area (Å²) in [6.07, 6.45) is 1.80. The van der Waals surface area contributed by atoms with Gasteiger partial charge in [-0.3, -0.25) is 9.59 Å². The second-order valence-electron chi connectivity index (χ2n) is 6.73. The first-order valence-corrected chi connectivity index (χ1v) is 8.62. The molecule has 7 nitrogen and oxygen atoms in total. The number of likely N-dealkylation sites (tertiary alicyclic amines) is 1. The Hall–Kier alpha value is -2.70. The van der Waals surface area contributed by atoms with Crippen molar-refractivity contribution in [1.82, 2.24) is 20.4 Å². The van der Waals surface area contributed by atoms with Crippen molar-refractivity contribution >= 4 is 11.8 Å². The van der Waals surface area contributed by atoms with Crippen LogP contribution in [0.25, 0.3) is 11.4 Å². The van der Waals surface area contributed by atoms with Crippen molar-refractivity contribution in [3.8, 4) is 11.4 Å². The molecule has 1 aromatic carbocycles. The molecule has 0 radical (unpaired) electrons. The lowest BCUT2D eigenvalue weighted by molar-refractivity contribution is -0.138. The van der Waals surface area contributed by atoms with E-state index in [2.05, 4.69) is 15.5 Å². The van der Waals surface area contributed by atoms with Crippen molar-refractivity contribution in [2.75, 3.05) is 19.6 Å². The minimum atomic E-state index is 0.0818.